The third kappa shape index (κ3) is 2.80. The Balaban J connectivity index is 1.45. The Hall–Kier alpha value is -2.11. The van der Waals surface area contributed by atoms with Crippen LogP contribution >= 0.6 is 11.8 Å². The highest BCUT2D eigenvalue weighted by molar-refractivity contribution is 7.98. The molecule has 4 bridgehead atoms. The van der Waals surface area contributed by atoms with Gasteiger partial charge in [0.25, 0.3) is 6.04 Å². The van der Waals surface area contributed by atoms with E-state index in [1.165, 1.54) is 0 Å². The molecule has 5 unspecified atom stereocenters. The molecule has 0 radical (unpaired) electrons. The fourth-order valence-corrected chi connectivity index (χ4v) is 5.62. The van der Waals surface area contributed by atoms with Crippen molar-refractivity contribution in [2.24, 2.45) is 11.8 Å². The van der Waals surface area contributed by atoms with Crippen molar-refractivity contribution in [1.29, 1.82) is 0 Å². The number of thioether (sulfide) groups is 1. The lowest BCUT2D eigenvalue weighted by molar-refractivity contribution is -0.471. The summed E-state index contributed by atoms with van der Waals surface area (Å²) in [7, 11) is 0. The highest BCUT2D eigenvalue weighted by Crippen LogP contribution is 2.63. The van der Waals surface area contributed by atoms with Crippen molar-refractivity contribution in [2.45, 2.75) is 23.0 Å². The first-order valence-electron chi connectivity index (χ1n) is 9.86. The van der Waals surface area contributed by atoms with E-state index in [0.717, 1.165) is 42.2 Å². The van der Waals surface area contributed by atoms with Gasteiger partial charge in [-0.25, -0.2) is 4.79 Å². The Kier molecular flexibility index (Phi) is 4.33. The Bertz CT molecular complexity index is 925. The van der Waals surface area contributed by atoms with E-state index >= 15 is 0 Å². The molecule has 1 saturated carbocycles. The van der Waals surface area contributed by atoms with Gasteiger partial charge in [-0.2, -0.15) is 4.58 Å². The highest BCUT2D eigenvalue weighted by atomic mass is 32.2. The SMILES string of the molecule is C=[N+](c1cccc(SC)c1)C(C(=O)OC12CN3CCC1C2C3)c1ccccc1. The summed E-state index contributed by atoms with van der Waals surface area (Å²) in [5.74, 6) is 0.891. The summed E-state index contributed by atoms with van der Waals surface area (Å²) in [5, 5.41) is 0. The van der Waals surface area contributed by atoms with Gasteiger partial charge in [-0.15, -0.1) is 11.8 Å². The average molecular weight is 394 g/mol. The molecule has 6 rings (SSSR count). The van der Waals surface area contributed by atoms with Crippen molar-refractivity contribution in [1.82, 2.24) is 4.90 Å². The van der Waals surface area contributed by atoms with Crippen LogP contribution in [0.2, 0.25) is 0 Å². The lowest BCUT2D eigenvalue weighted by Gasteiger charge is -2.29. The lowest BCUT2D eigenvalue weighted by Crippen LogP contribution is -2.40. The van der Waals surface area contributed by atoms with Gasteiger partial charge < -0.3 is 4.74 Å². The number of carbonyl (C=O) groups excluding carboxylic acids is 1. The normalized spacial score (nSPS) is 30.5. The van der Waals surface area contributed by atoms with Crippen molar-refractivity contribution < 1.29 is 14.1 Å². The predicted octanol–water partition coefficient (Wildman–Crippen LogP) is 3.74. The molecule has 4 nitrogen and oxygen atoms in total. The zero-order valence-electron chi connectivity index (χ0n) is 16.1. The zero-order valence-corrected chi connectivity index (χ0v) is 16.9. The number of hydrogen-bond donors (Lipinski definition) is 0. The van der Waals surface area contributed by atoms with Crippen molar-refractivity contribution in [3.05, 3.63) is 60.2 Å². The van der Waals surface area contributed by atoms with Crippen LogP contribution in [0.15, 0.2) is 59.5 Å². The van der Waals surface area contributed by atoms with Crippen LogP contribution in [0.4, 0.5) is 5.69 Å². The molecule has 28 heavy (non-hydrogen) atoms. The van der Waals surface area contributed by atoms with Crippen LogP contribution in [-0.4, -0.2) is 53.7 Å². The number of carbonyl (C=O) groups is 1. The molecule has 2 aromatic rings. The minimum atomic E-state index is -0.553. The molecule has 4 aliphatic rings. The van der Waals surface area contributed by atoms with Gasteiger partial charge in [0.1, 0.15) is 12.3 Å². The van der Waals surface area contributed by atoms with Crippen molar-refractivity contribution in [2.75, 3.05) is 25.9 Å². The smallest absolute Gasteiger partial charge is 0.381 e. The quantitative estimate of drug-likeness (QED) is 0.324. The summed E-state index contributed by atoms with van der Waals surface area (Å²) in [6.07, 6.45) is 3.20. The van der Waals surface area contributed by atoms with Crippen LogP contribution in [-0.2, 0) is 9.53 Å². The summed E-state index contributed by atoms with van der Waals surface area (Å²) in [6, 6.07) is 17.4. The first-order chi connectivity index (χ1) is 13.6. The van der Waals surface area contributed by atoms with Gasteiger partial charge in [0.2, 0.25) is 5.69 Å². The molecule has 2 aromatic carbocycles. The molecule has 144 valence electrons. The molecule has 4 fully saturated rings. The number of rotatable bonds is 6. The second-order valence-electron chi connectivity index (χ2n) is 8.10. The van der Waals surface area contributed by atoms with Crippen LogP contribution < -0.4 is 0 Å². The van der Waals surface area contributed by atoms with Crippen LogP contribution in [0.3, 0.4) is 0 Å². The molecular weight excluding hydrogens is 368 g/mol. The highest BCUT2D eigenvalue weighted by Gasteiger charge is 2.74. The first-order valence-corrected chi connectivity index (χ1v) is 11.1. The number of piperidine rings is 3. The van der Waals surface area contributed by atoms with Gasteiger partial charge in [0, 0.05) is 47.5 Å². The largest absolute Gasteiger partial charge is 0.452 e. The Morgan fingerprint density at radius 2 is 2.07 bits per heavy atom. The molecule has 0 N–H and O–H groups in total. The van der Waals surface area contributed by atoms with Gasteiger partial charge in [-0.3, -0.25) is 4.90 Å². The van der Waals surface area contributed by atoms with Gasteiger partial charge in [-0.05, 0) is 25.3 Å². The van der Waals surface area contributed by atoms with Crippen LogP contribution in [0.5, 0.6) is 0 Å². The van der Waals surface area contributed by atoms with Gasteiger partial charge in [-0.1, -0.05) is 36.4 Å². The second-order valence-corrected chi connectivity index (χ2v) is 8.98. The van der Waals surface area contributed by atoms with Crippen LogP contribution in [0.25, 0.3) is 0 Å². The molecule has 0 aromatic heterocycles. The number of nitrogens with zero attached hydrogens (tertiary/aromatic N) is 2. The first kappa shape index (κ1) is 18.0. The molecule has 3 heterocycles. The summed E-state index contributed by atoms with van der Waals surface area (Å²) in [4.78, 5) is 17.0. The molecule has 5 atom stereocenters. The Morgan fingerprint density at radius 3 is 2.71 bits per heavy atom. The maximum atomic E-state index is 13.4. The molecular formula is C23H25N2O2S+. The topological polar surface area (TPSA) is 32.5 Å². The lowest BCUT2D eigenvalue weighted by atomic mass is 10.0. The van der Waals surface area contributed by atoms with E-state index in [2.05, 4.69) is 23.8 Å². The number of benzene rings is 2. The predicted molar refractivity (Wildman–Crippen MR) is 111 cm³/mol. The average Bonchev–Trinajstić information content (AvgIpc) is 3.22. The summed E-state index contributed by atoms with van der Waals surface area (Å²) < 4.78 is 8.06. The summed E-state index contributed by atoms with van der Waals surface area (Å²) in [6.45, 7) is 7.38. The fraction of sp³-hybridized carbons (Fsp3) is 0.391. The molecule has 3 aliphatic heterocycles. The molecule has 0 amide bonds. The van der Waals surface area contributed by atoms with Crippen molar-refractivity contribution >= 4 is 30.1 Å². The van der Waals surface area contributed by atoms with Crippen molar-refractivity contribution in [3.63, 3.8) is 0 Å². The van der Waals surface area contributed by atoms with E-state index in [1.54, 1.807) is 16.3 Å². The van der Waals surface area contributed by atoms with Crippen LogP contribution in [0, 0.1) is 11.8 Å². The van der Waals surface area contributed by atoms with Crippen molar-refractivity contribution in [3.8, 4) is 0 Å². The zero-order chi connectivity index (χ0) is 19.3. The maximum Gasteiger partial charge on any atom is 0.381 e. The van der Waals surface area contributed by atoms with E-state index < -0.39 is 6.04 Å². The Labute approximate surface area is 170 Å². The monoisotopic (exact) mass is 393 g/mol. The molecule has 0 spiro atoms. The number of ether oxygens (including phenoxy) is 1. The van der Waals surface area contributed by atoms with Gasteiger partial charge in [0.15, 0.2) is 0 Å². The van der Waals surface area contributed by atoms with E-state index in [4.69, 9.17) is 4.74 Å². The van der Waals surface area contributed by atoms with E-state index in [1.807, 2.05) is 48.7 Å². The second kappa shape index (κ2) is 6.75. The Morgan fingerprint density at radius 1 is 1.25 bits per heavy atom. The molecule has 1 aliphatic carbocycles. The van der Waals surface area contributed by atoms with E-state index in [0.29, 0.717) is 11.8 Å². The maximum absolute atomic E-state index is 13.4. The summed E-state index contributed by atoms with van der Waals surface area (Å²) in [5.41, 5.74) is 1.58. The number of esters is 1. The third-order valence-corrected chi connectivity index (χ3v) is 7.36. The third-order valence-electron chi connectivity index (χ3n) is 6.64. The van der Waals surface area contributed by atoms with Crippen LogP contribution in [0.1, 0.15) is 18.0 Å². The van der Waals surface area contributed by atoms with E-state index in [-0.39, 0.29) is 11.6 Å². The molecule has 3 saturated heterocycles. The number of fused-ring (bicyclic) bond motifs is 1. The fourth-order valence-electron chi connectivity index (χ4n) is 5.16. The van der Waals surface area contributed by atoms with E-state index in [9.17, 15) is 4.79 Å². The minimum absolute atomic E-state index is 0.188. The standard InChI is InChI=1S/C23H25N2O2S/c1-24(17-9-6-10-18(13-17)28-2)21(16-7-4-3-5-8-16)22(26)27-23-15-25-12-11-19(23)20(23)14-25/h3-10,13,19-21H,1,11-12,14-15H2,2H3/q+1. The minimum Gasteiger partial charge on any atom is -0.452 e. The number of hydrogen-bond acceptors (Lipinski definition) is 4. The van der Waals surface area contributed by atoms with Gasteiger partial charge >= 0.3 is 5.97 Å². The molecule has 5 heteroatoms. The summed E-state index contributed by atoms with van der Waals surface area (Å²) >= 11 is 1.68. The van der Waals surface area contributed by atoms with Gasteiger partial charge in [0.05, 0.1) is 0 Å².